The van der Waals surface area contributed by atoms with Gasteiger partial charge in [0.05, 0.1) is 0 Å². The molecule has 2 rings (SSSR count). The minimum Gasteiger partial charge on any atom is -0.120 e. The average Bonchev–Trinajstić information content (AvgIpc) is 2.43. The van der Waals surface area contributed by atoms with Crippen LogP contribution in [0.4, 0.5) is 0 Å². The molecule has 1 unspecified atom stereocenters. The van der Waals surface area contributed by atoms with Crippen molar-refractivity contribution in [1.29, 1.82) is 0 Å². The van der Waals surface area contributed by atoms with Gasteiger partial charge in [-0.25, -0.2) is 0 Å². The molecule has 0 amide bonds. The van der Waals surface area contributed by atoms with Gasteiger partial charge < -0.3 is 0 Å². The van der Waals surface area contributed by atoms with Gasteiger partial charge in [0.25, 0.3) is 0 Å². The van der Waals surface area contributed by atoms with Gasteiger partial charge in [0.2, 0.25) is 0 Å². The smallest absolute Gasteiger partial charge is 0.0179 e. The Balaban J connectivity index is 2.47. The van der Waals surface area contributed by atoms with E-state index in [0.717, 1.165) is 10.9 Å². The van der Waals surface area contributed by atoms with Crippen LogP contribution in [0.5, 0.6) is 0 Å². The van der Waals surface area contributed by atoms with Gasteiger partial charge in [0, 0.05) is 20.0 Å². The van der Waals surface area contributed by atoms with Crippen molar-refractivity contribution in [2.24, 2.45) is 0 Å². The largest absolute Gasteiger partial charge is 0.120 e. The second-order valence-electron chi connectivity index (χ2n) is 6.77. The molecule has 0 nitrogen and oxygen atoms in total. The molecule has 0 N–H and O–H groups in total. The predicted molar refractivity (Wildman–Crippen MR) is 103 cm³/mol. The van der Waals surface area contributed by atoms with Crippen LogP contribution >= 0.6 is 27.7 Å². The second-order valence-corrected chi connectivity index (χ2v) is 9.55. The predicted octanol–water partition coefficient (Wildman–Crippen LogP) is 7.19. The number of benzene rings is 2. The number of hydrogen-bond acceptors (Lipinski definition) is 1. The lowest BCUT2D eigenvalue weighted by Crippen LogP contribution is -2.09. The molecule has 2 aromatic carbocycles. The topological polar surface area (TPSA) is 0 Å². The molecule has 0 aliphatic heterocycles. The Hall–Kier alpha value is -0.730. The zero-order valence-corrected chi connectivity index (χ0v) is 16.5. The Morgan fingerprint density at radius 1 is 1.05 bits per heavy atom. The molecule has 0 fully saturated rings. The lowest BCUT2D eigenvalue weighted by molar-refractivity contribution is 0.755. The van der Waals surface area contributed by atoms with Crippen LogP contribution in [0.1, 0.15) is 56.7 Å². The lowest BCUT2D eigenvalue weighted by Gasteiger charge is -2.24. The Labute approximate surface area is 147 Å². The van der Waals surface area contributed by atoms with Crippen LogP contribution in [0.3, 0.4) is 0 Å². The van der Waals surface area contributed by atoms with E-state index in [0.29, 0.717) is 5.92 Å². The van der Waals surface area contributed by atoms with Gasteiger partial charge in [-0.1, -0.05) is 73.5 Å². The number of thioether (sulfide) groups is 1. The van der Waals surface area contributed by atoms with Gasteiger partial charge in [0.1, 0.15) is 0 Å². The van der Waals surface area contributed by atoms with Crippen molar-refractivity contribution in [1.82, 2.24) is 0 Å². The van der Waals surface area contributed by atoms with Crippen LogP contribution in [0, 0.1) is 6.92 Å². The summed E-state index contributed by atoms with van der Waals surface area (Å²) in [6.07, 6.45) is 1.11. The Morgan fingerprint density at radius 3 is 2.23 bits per heavy atom. The minimum atomic E-state index is 0.216. The molecule has 2 heteroatoms. The molecule has 0 saturated heterocycles. The average molecular weight is 377 g/mol. The summed E-state index contributed by atoms with van der Waals surface area (Å²) >= 11 is 5.61. The fraction of sp³-hybridized carbons (Fsp3) is 0.400. The molecular formula is C20H25BrS. The van der Waals surface area contributed by atoms with Crippen LogP contribution in [0.15, 0.2) is 51.8 Å². The third-order valence-electron chi connectivity index (χ3n) is 3.65. The molecule has 0 bridgehead atoms. The first-order chi connectivity index (χ1) is 10.3. The van der Waals surface area contributed by atoms with Crippen molar-refractivity contribution in [3.63, 3.8) is 0 Å². The summed E-state index contributed by atoms with van der Waals surface area (Å²) in [5.74, 6) is 0.447. The molecule has 1 atom stereocenters. The van der Waals surface area contributed by atoms with E-state index in [2.05, 4.69) is 93.0 Å². The van der Waals surface area contributed by atoms with Gasteiger partial charge in [-0.2, -0.15) is 0 Å². The van der Waals surface area contributed by atoms with Crippen molar-refractivity contribution < 1.29 is 0 Å². The standard InChI is InChI=1S/C20H25BrS/c1-6-17(15-9-7-14(2)8-10-15)18-13-16(21)11-12-19(18)22-20(3,4)5/h7-13,17H,6H2,1-5H3. The Kier molecular flexibility index (Phi) is 5.79. The maximum Gasteiger partial charge on any atom is 0.0179 e. The van der Waals surface area contributed by atoms with Crippen LogP contribution in [0.2, 0.25) is 0 Å². The number of hydrogen-bond donors (Lipinski definition) is 0. The van der Waals surface area contributed by atoms with Crippen LogP contribution in [0.25, 0.3) is 0 Å². The highest BCUT2D eigenvalue weighted by molar-refractivity contribution is 9.10. The monoisotopic (exact) mass is 376 g/mol. The van der Waals surface area contributed by atoms with E-state index >= 15 is 0 Å². The number of rotatable bonds is 4. The third kappa shape index (κ3) is 4.63. The van der Waals surface area contributed by atoms with Gasteiger partial charge in [-0.3, -0.25) is 0 Å². The molecule has 0 aliphatic carbocycles. The number of aryl methyl sites for hydroxylation is 1. The highest BCUT2D eigenvalue weighted by atomic mass is 79.9. The van der Waals surface area contributed by atoms with Crippen molar-refractivity contribution in [2.45, 2.75) is 56.6 Å². The first-order valence-corrected chi connectivity index (χ1v) is 9.46. The van der Waals surface area contributed by atoms with E-state index < -0.39 is 0 Å². The molecule has 0 aromatic heterocycles. The third-order valence-corrected chi connectivity index (χ3v) is 5.35. The maximum atomic E-state index is 3.65. The Morgan fingerprint density at radius 2 is 1.68 bits per heavy atom. The van der Waals surface area contributed by atoms with Crippen molar-refractivity contribution >= 4 is 27.7 Å². The minimum absolute atomic E-state index is 0.216. The fourth-order valence-corrected chi connectivity index (χ4v) is 4.14. The van der Waals surface area contributed by atoms with Gasteiger partial charge in [-0.15, -0.1) is 11.8 Å². The summed E-state index contributed by atoms with van der Waals surface area (Å²) in [7, 11) is 0. The zero-order chi connectivity index (χ0) is 16.3. The molecule has 0 heterocycles. The quantitative estimate of drug-likeness (QED) is 0.508. The van der Waals surface area contributed by atoms with Crippen LogP contribution < -0.4 is 0 Å². The molecule has 0 spiro atoms. The lowest BCUT2D eigenvalue weighted by atomic mass is 9.89. The van der Waals surface area contributed by atoms with Crippen LogP contribution in [-0.4, -0.2) is 4.75 Å². The van der Waals surface area contributed by atoms with Crippen molar-refractivity contribution in [3.8, 4) is 0 Å². The summed E-state index contributed by atoms with van der Waals surface area (Å²) in [5, 5.41) is 0. The summed E-state index contributed by atoms with van der Waals surface area (Å²) in [5.41, 5.74) is 4.15. The van der Waals surface area contributed by atoms with Gasteiger partial charge in [-0.05, 0) is 42.7 Å². The molecule has 0 aliphatic rings. The number of halogens is 1. The highest BCUT2D eigenvalue weighted by Crippen LogP contribution is 2.41. The fourth-order valence-electron chi connectivity index (χ4n) is 2.65. The van der Waals surface area contributed by atoms with E-state index in [-0.39, 0.29) is 4.75 Å². The van der Waals surface area contributed by atoms with Crippen molar-refractivity contribution in [3.05, 3.63) is 63.6 Å². The van der Waals surface area contributed by atoms with Gasteiger partial charge in [0.15, 0.2) is 0 Å². The highest BCUT2D eigenvalue weighted by Gasteiger charge is 2.20. The molecule has 0 radical (unpaired) electrons. The first kappa shape index (κ1) is 17.6. The summed E-state index contributed by atoms with van der Waals surface area (Å²) in [6.45, 7) is 11.2. The van der Waals surface area contributed by atoms with Crippen molar-refractivity contribution in [2.75, 3.05) is 0 Å². The molecule has 0 saturated carbocycles. The normalized spacial score (nSPS) is 13.2. The summed E-state index contributed by atoms with van der Waals surface area (Å²) in [6, 6.07) is 15.7. The van der Waals surface area contributed by atoms with E-state index in [4.69, 9.17) is 0 Å². The molecule has 2 aromatic rings. The first-order valence-electron chi connectivity index (χ1n) is 7.85. The van der Waals surface area contributed by atoms with Gasteiger partial charge >= 0.3 is 0 Å². The SMILES string of the molecule is CCC(c1ccc(C)cc1)c1cc(Br)ccc1SC(C)(C)C. The summed E-state index contributed by atoms with van der Waals surface area (Å²) < 4.78 is 1.38. The Bertz CT molecular complexity index is 623. The van der Waals surface area contributed by atoms with E-state index in [1.807, 2.05) is 11.8 Å². The second kappa shape index (κ2) is 7.23. The van der Waals surface area contributed by atoms with Crippen LogP contribution in [-0.2, 0) is 0 Å². The van der Waals surface area contributed by atoms with E-state index in [9.17, 15) is 0 Å². The molecule has 118 valence electrons. The van der Waals surface area contributed by atoms with E-state index in [1.165, 1.54) is 21.6 Å². The molecular weight excluding hydrogens is 352 g/mol. The molecule has 22 heavy (non-hydrogen) atoms. The summed E-state index contributed by atoms with van der Waals surface area (Å²) in [4.78, 5) is 1.39. The zero-order valence-electron chi connectivity index (χ0n) is 14.1. The maximum absolute atomic E-state index is 3.65. The van der Waals surface area contributed by atoms with E-state index in [1.54, 1.807) is 0 Å².